The van der Waals surface area contributed by atoms with Gasteiger partial charge in [0.1, 0.15) is 5.82 Å². The molecule has 0 saturated heterocycles. The number of hydrogen-bond acceptors (Lipinski definition) is 5. The fraction of sp³-hybridized carbons (Fsp3) is 0.467. The van der Waals surface area contributed by atoms with Gasteiger partial charge in [-0.05, 0) is 19.4 Å². The monoisotopic (exact) mass is 331 g/mol. The number of rotatable bonds is 5. The Kier molecular flexibility index (Phi) is 4.10. The van der Waals surface area contributed by atoms with Crippen molar-refractivity contribution in [3.05, 3.63) is 44.6 Å². The van der Waals surface area contributed by atoms with Crippen LogP contribution < -0.4 is 16.6 Å². The van der Waals surface area contributed by atoms with Crippen molar-refractivity contribution in [2.75, 3.05) is 0 Å². The highest BCUT2D eigenvalue weighted by atomic mass is 16.2. The van der Waals surface area contributed by atoms with Gasteiger partial charge >= 0.3 is 5.69 Å². The van der Waals surface area contributed by atoms with E-state index in [1.807, 2.05) is 24.0 Å². The van der Waals surface area contributed by atoms with E-state index in [4.69, 9.17) is 0 Å². The van der Waals surface area contributed by atoms with E-state index < -0.39 is 11.2 Å². The van der Waals surface area contributed by atoms with Crippen LogP contribution >= 0.6 is 0 Å². The van der Waals surface area contributed by atoms with Gasteiger partial charge in [-0.3, -0.25) is 19.0 Å². The fourth-order valence-electron chi connectivity index (χ4n) is 2.69. The van der Waals surface area contributed by atoms with Crippen LogP contribution in [0.4, 0.5) is 0 Å². The Balaban J connectivity index is 1.79. The molecule has 2 N–H and O–H groups in total. The number of hydrogen-bond donors (Lipinski definition) is 2. The number of aryl methyl sites for hydroxylation is 3. The Labute approximate surface area is 137 Å². The van der Waals surface area contributed by atoms with E-state index >= 15 is 0 Å². The fourth-order valence-corrected chi connectivity index (χ4v) is 2.69. The van der Waals surface area contributed by atoms with E-state index in [0.717, 1.165) is 12.1 Å². The summed E-state index contributed by atoms with van der Waals surface area (Å²) in [6.45, 7) is 5.28. The van der Waals surface area contributed by atoms with E-state index in [2.05, 4.69) is 27.3 Å². The summed E-state index contributed by atoms with van der Waals surface area (Å²) in [5, 5.41) is 7.64. The van der Waals surface area contributed by atoms with Gasteiger partial charge in [-0.1, -0.05) is 0 Å². The predicted molar refractivity (Wildman–Crippen MR) is 89.8 cm³/mol. The highest BCUT2D eigenvalue weighted by molar-refractivity contribution is 5.70. The zero-order valence-corrected chi connectivity index (χ0v) is 14.2. The SMILES string of the molecule is Cc1cnn(C[C@H](C)NCc2nc3c(c(=O)[nH]c(=O)n3C)n2C)c1. The van der Waals surface area contributed by atoms with Crippen molar-refractivity contribution < 1.29 is 0 Å². The lowest BCUT2D eigenvalue weighted by molar-refractivity contribution is 0.443. The first-order valence-electron chi connectivity index (χ1n) is 7.74. The van der Waals surface area contributed by atoms with Crippen molar-refractivity contribution in [2.45, 2.75) is 33.0 Å². The molecule has 0 fully saturated rings. The Morgan fingerprint density at radius 1 is 1.29 bits per heavy atom. The minimum atomic E-state index is -0.465. The van der Waals surface area contributed by atoms with Crippen LogP contribution in [-0.4, -0.2) is 34.9 Å². The summed E-state index contributed by atoms with van der Waals surface area (Å²) in [4.78, 5) is 30.4. The molecule has 0 saturated carbocycles. The van der Waals surface area contributed by atoms with Gasteiger partial charge in [-0.2, -0.15) is 5.10 Å². The molecule has 0 radical (unpaired) electrons. The average Bonchev–Trinajstić information content (AvgIpc) is 3.07. The molecule has 0 amide bonds. The number of aromatic nitrogens is 6. The van der Waals surface area contributed by atoms with Crippen molar-refractivity contribution in [3.8, 4) is 0 Å². The highest BCUT2D eigenvalue weighted by Crippen LogP contribution is 2.08. The molecule has 24 heavy (non-hydrogen) atoms. The number of imidazole rings is 1. The van der Waals surface area contributed by atoms with E-state index in [0.29, 0.717) is 23.5 Å². The second-order valence-corrected chi connectivity index (χ2v) is 6.10. The standard InChI is InChI=1S/C15H21N7O2/c1-9-5-17-22(7-9)8-10(2)16-6-11-18-13-12(20(11)3)14(23)19-15(24)21(13)4/h5,7,10,16H,6,8H2,1-4H3,(H,19,23,24)/t10-/m0/s1. The highest BCUT2D eigenvalue weighted by Gasteiger charge is 2.15. The first kappa shape index (κ1) is 16.2. The van der Waals surface area contributed by atoms with Crippen molar-refractivity contribution in [1.29, 1.82) is 0 Å². The molecule has 3 aromatic heterocycles. The first-order valence-corrected chi connectivity index (χ1v) is 7.74. The molecule has 128 valence electrons. The molecule has 0 bridgehead atoms. The van der Waals surface area contributed by atoms with E-state index in [1.54, 1.807) is 18.7 Å². The summed E-state index contributed by atoms with van der Waals surface area (Å²) < 4.78 is 4.94. The molecule has 0 spiro atoms. The number of nitrogens with zero attached hydrogens (tertiary/aromatic N) is 5. The Morgan fingerprint density at radius 3 is 2.71 bits per heavy atom. The number of nitrogens with one attached hydrogen (secondary N) is 2. The van der Waals surface area contributed by atoms with Gasteiger partial charge in [-0.15, -0.1) is 0 Å². The zero-order chi connectivity index (χ0) is 17.4. The van der Waals surface area contributed by atoms with Crippen molar-refractivity contribution >= 4 is 11.2 Å². The molecule has 3 aromatic rings. The summed E-state index contributed by atoms with van der Waals surface area (Å²) >= 11 is 0. The minimum Gasteiger partial charge on any atom is -0.324 e. The minimum absolute atomic E-state index is 0.172. The van der Waals surface area contributed by atoms with Crippen molar-refractivity contribution in [1.82, 2.24) is 34.2 Å². The van der Waals surface area contributed by atoms with E-state index in [1.165, 1.54) is 4.57 Å². The second-order valence-electron chi connectivity index (χ2n) is 6.10. The topological polar surface area (TPSA) is 103 Å². The van der Waals surface area contributed by atoms with Gasteiger partial charge in [0.2, 0.25) is 0 Å². The van der Waals surface area contributed by atoms with Crippen LogP contribution in [0.3, 0.4) is 0 Å². The largest absolute Gasteiger partial charge is 0.329 e. The van der Waals surface area contributed by atoms with Crippen molar-refractivity contribution in [3.63, 3.8) is 0 Å². The van der Waals surface area contributed by atoms with Gasteiger partial charge in [0, 0.05) is 26.3 Å². The molecule has 3 rings (SSSR count). The molecule has 9 heteroatoms. The summed E-state index contributed by atoms with van der Waals surface area (Å²) in [6, 6.07) is 0.172. The van der Waals surface area contributed by atoms with E-state index in [-0.39, 0.29) is 6.04 Å². The lowest BCUT2D eigenvalue weighted by atomic mass is 10.3. The van der Waals surface area contributed by atoms with E-state index in [9.17, 15) is 9.59 Å². The summed E-state index contributed by atoms with van der Waals surface area (Å²) in [6.07, 6.45) is 3.81. The molecule has 9 nitrogen and oxygen atoms in total. The molecule has 3 heterocycles. The van der Waals surface area contributed by atoms with Crippen molar-refractivity contribution in [2.24, 2.45) is 14.1 Å². The van der Waals surface area contributed by atoms with Crippen LogP contribution in [0, 0.1) is 6.92 Å². The van der Waals surface area contributed by atoms with Crippen LogP contribution in [0.25, 0.3) is 11.2 Å². The summed E-state index contributed by atoms with van der Waals surface area (Å²) in [7, 11) is 3.36. The van der Waals surface area contributed by atoms with Crippen LogP contribution in [-0.2, 0) is 27.2 Å². The Bertz CT molecular complexity index is 992. The first-order chi connectivity index (χ1) is 11.4. The quantitative estimate of drug-likeness (QED) is 0.665. The average molecular weight is 331 g/mol. The van der Waals surface area contributed by atoms with Crippen LogP contribution in [0.15, 0.2) is 22.0 Å². The maximum absolute atomic E-state index is 12.0. The molecule has 0 unspecified atom stereocenters. The normalized spacial score (nSPS) is 12.8. The molecule has 0 aliphatic carbocycles. The Morgan fingerprint density at radius 2 is 2.04 bits per heavy atom. The molecule has 0 aliphatic heterocycles. The maximum atomic E-state index is 12.0. The third-order valence-electron chi connectivity index (χ3n) is 4.06. The number of H-pyrrole nitrogens is 1. The van der Waals surface area contributed by atoms with Gasteiger partial charge < -0.3 is 9.88 Å². The molecular weight excluding hydrogens is 310 g/mol. The van der Waals surface area contributed by atoms with Gasteiger partial charge in [0.25, 0.3) is 5.56 Å². The third kappa shape index (κ3) is 2.90. The smallest absolute Gasteiger partial charge is 0.324 e. The van der Waals surface area contributed by atoms with Gasteiger partial charge in [0.15, 0.2) is 11.2 Å². The van der Waals surface area contributed by atoms with Crippen LogP contribution in [0.5, 0.6) is 0 Å². The molecule has 0 aliphatic rings. The predicted octanol–water partition coefficient (Wildman–Crippen LogP) is -0.356. The lowest BCUT2D eigenvalue weighted by Gasteiger charge is -2.13. The van der Waals surface area contributed by atoms with Gasteiger partial charge in [-0.25, -0.2) is 9.78 Å². The number of aromatic amines is 1. The van der Waals surface area contributed by atoms with Crippen LogP contribution in [0.1, 0.15) is 18.3 Å². The molecular formula is C15H21N7O2. The second kappa shape index (κ2) is 6.08. The maximum Gasteiger partial charge on any atom is 0.329 e. The number of fused-ring (bicyclic) bond motifs is 1. The summed E-state index contributed by atoms with van der Waals surface area (Å²) in [5.41, 5.74) is 1.02. The third-order valence-corrected chi connectivity index (χ3v) is 4.06. The summed E-state index contributed by atoms with van der Waals surface area (Å²) in [5.74, 6) is 0.695. The van der Waals surface area contributed by atoms with Crippen LogP contribution in [0.2, 0.25) is 0 Å². The van der Waals surface area contributed by atoms with Gasteiger partial charge in [0.05, 0.1) is 19.3 Å². The molecule has 1 atom stereocenters. The molecule has 0 aromatic carbocycles. The lowest BCUT2D eigenvalue weighted by Crippen LogP contribution is -2.31. The zero-order valence-electron chi connectivity index (χ0n) is 14.2. The Hall–Kier alpha value is -2.68.